The molecule has 19 heavy (non-hydrogen) atoms. The van der Waals surface area contributed by atoms with Crippen LogP contribution in [0.1, 0.15) is 43.4 Å². The van der Waals surface area contributed by atoms with E-state index in [2.05, 4.69) is 12.2 Å². The van der Waals surface area contributed by atoms with Gasteiger partial charge >= 0.3 is 0 Å². The van der Waals surface area contributed by atoms with Gasteiger partial charge in [0.2, 0.25) is 0 Å². The largest absolute Gasteiger partial charge is 0.508 e. The molecule has 3 nitrogen and oxygen atoms in total. The standard InChI is InChI=1S/C16H25NO2/c1-11-6-7-15(16(19)8-11)12(2)17-9-13-4-3-5-14(13)10-18/h6-8,12-14,17-19H,3-5,9-10H2,1-2H3. The Morgan fingerprint density at radius 1 is 1.32 bits per heavy atom. The molecule has 1 aromatic rings. The van der Waals surface area contributed by atoms with Gasteiger partial charge in [0.25, 0.3) is 0 Å². The number of phenolic OH excluding ortho intramolecular Hbond substituents is 1. The fraction of sp³-hybridized carbons (Fsp3) is 0.625. The predicted octanol–water partition coefficient (Wildman–Crippen LogP) is 2.76. The topological polar surface area (TPSA) is 52.5 Å². The summed E-state index contributed by atoms with van der Waals surface area (Å²) in [4.78, 5) is 0. The van der Waals surface area contributed by atoms with Crippen LogP contribution in [0.4, 0.5) is 0 Å². The first-order valence-electron chi connectivity index (χ1n) is 7.25. The molecule has 3 unspecified atom stereocenters. The highest BCUT2D eigenvalue weighted by Crippen LogP contribution is 2.32. The van der Waals surface area contributed by atoms with Crippen LogP contribution in [0.25, 0.3) is 0 Å². The quantitative estimate of drug-likeness (QED) is 0.765. The zero-order chi connectivity index (χ0) is 13.8. The monoisotopic (exact) mass is 263 g/mol. The lowest BCUT2D eigenvalue weighted by Crippen LogP contribution is -2.28. The van der Waals surface area contributed by atoms with Crippen molar-refractivity contribution >= 4 is 0 Å². The molecule has 1 aliphatic rings. The second-order valence-corrected chi connectivity index (χ2v) is 5.83. The van der Waals surface area contributed by atoms with Gasteiger partial charge in [0, 0.05) is 18.2 Å². The van der Waals surface area contributed by atoms with Crippen molar-refractivity contribution in [3.63, 3.8) is 0 Å². The minimum atomic E-state index is 0.139. The zero-order valence-electron chi connectivity index (χ0n) is 11.9. The molecule has 0 saturated heterocycles. The maximum absolute atomic E-state index is 9.97. The van der Waals surface area contributed by atoms with Crippen LogP contribution >= 0.6 is 0 Å². The molecule has 3 heteroatoms. The maximum atomic E-state index is 9.97. The van der Waals surface area contributed by atoms with Crippen LogP contribution in [-0.2, 0) is 0 Å². The molecule has 0 spiro atoms. The summed E-state index contributed by atoms with van der Waals surface area (Å²) in [6, 6.07) is 5.96. The zero-order valence-corrected chi connectivity index (χ0v) is 11.9. The summed E-state index contributed by atoms with van der Waals surface area (Å²) in [5.74, 6) is 1.39. The smallest absolute Gasteiger partial charge is 0.120 e. The number of hydrogen-bond donors (Lipinski definition) is 3. The Morgan fingerprint density at radius 2 is 2.05 bits per heavy atom. The molecule has 106 valence electrons. The van der Waals surface area contributed by atoms with Gasteiger partial charge in [-0.05, 0) is 56.7 Å². The van der Waals surface area contributed by atoms with E-state index in [1.54, 1.807) is 6.07 Å². The fourth-order valence-corrected chi connectivity index (χ4v) is 3.08. The molecular weight excluding hydrogens is 238 g/mol. The number of benzene rings is 1. The number of hydrogen-bond acceptors (Lipinski definition) is 3. The molecular formula is C16H25NO2. The van der Waals surface area contributed by atoms with Crippen molar-refractivity contribution in [1.82, 2.24) is 5.32 Å². The molecule has 3 N–H and O–H groups in total. The van der Waals surface area contributed by atoms with E-state index in [1.807, 2.05) is 19.1 Å². The Morgan fingerprint density at radius 3 is 2.74 bits per heavy atom. The van der Waals surface area contributed by atoms with Crippen molar-refractivity contribution in [2.45, 2.75) is 39.2 Å². The van der Waals surface area contributed by atoms with Gasteiger partial charge < -0.3 is 15.5 Å². The molecule has 0 radical (unpaired) electrons. The molecule has 0 bridgehead atoms. The number of nitrogens with one attached hydrogen (secondary N) is 1. The van der Waals surface area contributed by atoms with Crippen molar-refractivity contribution in [2.24, 2.45) is 11.8 Å². The van der Waals surface area contributed by atoms with Crippen molar-refractivity contribution in [3.05, 3.63) is 29.3 Å². The summed E-state index contributed by atoms with van der Waals surface area (Å²) in [7, 11) is 0. The molecule has 0 aliphatic heterocycles. The molecule has 1 fully saturated rings. The summed E-state index contributed by atoms with van der Waals surface area (Å²) in [6.45, 7) is 5.27. The number of aliphatic hydroxyl groups is 1. The Balaban J connectivity index is 1.92. The minimum Gasteiger partial charge on any atom is -0.508 e. The number of rotatable bonds is 5. The van der Waals surface area contributed by atoms with E-state index in [1.165, 1.54) is 12.8 Å². The second kappa shape index (κ2) is 6.40. The third-order valence-electron chi connectivity index (χ3n) is 4.39. The molecule has 0 aromatic heterocycles. The van der Waals surface area contributed by atoms with E-state index in [-0.39, 0.29) is 6.04 Å². The van der Waals surface area contributed by atoms with Gasteiger partial charge in [-0.25, -0.2) is 0 Å². The van der Waals surface area contributed by atoms with Gasteiger partial charge in [0.05, 0.1) is 0 Å². The highest BCUT2D eigenvalue weighted by atomic mass is 16.3. The van der Waals surface area contributed by atoms with Crippen LogP contribution < -0.4 is 5.32 Å². The summed E-state index contributed by atoms with van der Waals surface area (Å²) in [5, 5.41) is 22.8. The molecule has 1 saturated carbocycles. The molecule has 3 atom stereocenters. The Bertz CT molecular complexity index is 419. The first kappa shape index (κ1) is 14.4. The predicted molar refractivity (Wildman–Crippen MR) is 77.2 cm³/mol. The van der Waals surface area contributed by atoms with Crippen LogP contribution in [0.5, 0.6) is 5.75 Å². The first-order valence-corrected chi connectivity index (χ1v) is 7.25. The van der Waals surface area contributed by atoms with E-state index in [9.17, 15) is 10.2 Å². The number of aryl methyl sites for hydroxylation is 1. The van der Waals surface area contributed by atoms with Crippen LogP contribution in [0.15, 0.2) is 18.2 Å². The van der Waals surface area contributed by atoms with Gasteiger partial charge in [-0.2, -0.15) is 0 Å². The lowest BCUT2D eigenvalue weighted by molar-refractivity contribution is 0.190. The number of aromatic hydroxyl groups is 1. The van der Waals surface area contributed by atoms with E-state index in [0.29, 0.717) is 24.2 Å². The molecule has 2 rings (SSSR count). The van der Waals surface area contributed by atoms with E-state index in [4.69, 9.17) is 0 Å². The second-order valence-electron chi connectivity index (χ2n) is 5.83. The third-order valence-corrected chi connectivity index (χ3v) is 4.39. The van der Waals surface area contributed by atoms with E-state index < -0.39 is 0 Å². The van der Waals surface area contributed by atoms with Gasteiger partial charge in [0.15, 0.2) is 0 Å². The van der Waals surface area contributed by atoms with Gasteiger partial charge in [-0.15, -0.1) is 0 Å². The van der Waals surface area contributed by atoms with E-state index in [0.717, 1.165) is 24.1 Å². The summed E-state index contributed by atoms with van der Waals surface area (Å²) in [6.07, 6.45) is 3.57. The van der Waals surface area contributed by atoms with Crippen LogP contribution in [0, 0.1) is 18.8 Å². The van der Waals surface area contributed by atoms with Gasteiger partial charge in [-0.1, -0.05) is 18.6 Å². The van der Waals surface area contributed by atoms with Crippen molar-refractivity contribution in [3.8, 4) is 5.75 Å². The molecule has 0 amide bonds. The highest BCUT2D eigenvalue weighted by molar-refractivity contribution is 5.37. The lowest BCUT2D eigenvalue weighted by Gasteiger charge is -2.22. The first-order chi connectivity index (χ1) is 9.11. The summed E-state index contributed by atoms with van der Waals surface area (Å²) < 4.78 is 0. The maximum Gasteiger partial charge on any atom is 0.120 e. The lowest BCUT2D eigenvalue weighted by atomic mass is 9.96. The van der Waals surface area contributed by atoms with Crippen LogP contribution in [0.3, 0.4) is 0 Å². The number of aliphatic hydroxyl groups excluding tert-OH is 1. The average molecular weight is 263 g/mol. The van der Waals surface area contributed by atoms with Crippen LogP contribution in [0.2, 0.25) is 0 Å². The van der Waals surface area contributed by atoms with E-state index >= 15 is 0 Å². The molecule has 1 aliphatic carbocycles. The van der Waals surface area contributed by atoms with Crippen LogP contribution in [-0.4, -0.2) is 23.4 Å². The molecule has 0 heterocycles. The average Bonchev–Trinajstić information content (AvgIpc) is 2.83. The minimum absolute atomic E-state index is 0.139. The highest BCUT2D eigenvalue weighted by Gasteiger charge is 2.26. The fourth-order valence-electron chi connectivity index (χ4n) is 3.08. The van der Waals surface area contributed by atoms with Gasteiger partial charge in [-0.3, -0.25) is 0 Å². The molecule has 1 aromatic carbocycles. The van der Waals surface area contributed by atoms with Gasteiger partial charge in [0.1, 0.15) is 5.75 Å². The van der Waals surface area contributed by atoms with Crippen molar-refractivity contribution in [2.75, 3.05) is 13.2 Å². The summed E-state index contributed by atoms with van der Waals surface area (Å²) in [5.41, 5.74) is 2.02. The number of phenols is 1. The summed E-state index contributed by atoms with van der Waals surface area (Å²) >= 11 is 0. The normalized spacial score (nSPS) is 24.6. The SMILES string of the molecule is Cc1ccc(C(C)NCC2CCCC2CO)c(O)c1. The van der Waals surface area contributed by atoms with Crippen molar-refractivity contribution < 1.29 is 10.2 Å². The Labute approximate surface area is 115 Å². The van der Waals surface area contributed by atoms with Crippen molar-refractivity contribution in [1.29, 1.82) is 0 Å². The Hall–Kier alpha value is -1.06. The Kier molecular flexibility index (Phi) is 4.83. The third kappa shape index (κ3) is 3.48.